The molecule has 1 aliphatic rings. The molecule has 2 amide bonds. The SMILES string of the molecule is O=C(NCc1ccc(Cl)cc1)C(=O)NCC1CCN(CCc2ccccc2)CC1. The number of carbonyl (C=O) groups is 2. The van der Waals surface area contributed by atoms with Gasteiger partial charge in [0, 0.05) is 24.7 Å². The van der Waals surface area contributed by atoms with E-state index in [1.807, 2.05) is 18.2 Å². The fourth-order valence-electron chi connectivity index (χ4n) is 3.53. The van der Waals surface area contributed by atoms with Gasteiger partial charge in [0.15, 0.2) is 0 Å². The first-order valence-corrected chi connectivity index (χ1v) is 10.5. The molecule has 0 radical (unpaired) electrons. The van der Waals surface area contributed by atoms with Crippen LogP contribution in [-0.4, -0.2) is 42.9 Å². The number of hydrogen-bond acceptors (Lipinski definition) is 3. The molecule has 1 fully saturated rings. The quantitative estimate of drug-likeness (QED) is 0.686. The van der Waals surface area contributed by atoms with E-state index >= 15 is 0 Å². The Morgan fingerprint density at radius 1 is 0.897 bits per heavy atom. The van der Waals surface area contributed by atoms with Crippen LogP contribution in [-0.2, 0) is 22.6 Å². The highest BCUT2D eigenvalue weighted by Crippen LogP contribution is 2.17. The molecule has 1 heterocycles. The highest BCUT2D eigenvalue weighted by atomic mass is 35.5. The summed E-state index contributed by atoms with van der Waals surface area (Å²) >= 11 is 5.84. The fraction of sp³-hybridized carbons (Fsp3) is 0.391. The average Bonchev–Trinajstić information content (AvgIpc) is 2.77. The number of nitrogens with one attached hydrogen (secondary N) is 2. The normalized spacial score (nSPS) is 15.1. The van der Waals surface area contributed by atoms with Crippen molar-refractivity contribution < 1.29 is 9.59 Å². The van der Waals surface area contributed by atoms with Crippen molar-refractivity contribution in [2.24, 2.45) is 5.92 Å². The molecule has 0 bridgehead atoms. The monoisotopic (exact) mass is 413 g/mol. The second-order valence-electron chi connectivity index (χ2n) is 7.54. The van der Waals surface area contributed by atoms with E-state index in [0.29, 0.717) is 24.0 Å². The minimum atomic E-state index is -0.597. The molecule has 0 spiro atoms. The van der Waals surface area contributed by atoms with Crippen LogP contribution in [0.2, 0.25) is 5.02 Å². The maximum Gasteiger partial charge on any atom is 0.309 e. The largest absolute Gasteiger partial charge is 0.348 e. The minimum Gasteiger partial charge on any atom is -0.348 e. The summed E-state index contributed by atoms with van der Waals surface area (Å²) in [6, 6.07) is 17.7. The number of hydrogen-bond donors (Lipinski definition) is 2. The third-order valence-corrected chi connectivity index (χ3v) is 5.64. The molecular formula is C23H28ClN3O2. The zero-order valence-electron chi connectivity index (χ0n) is 16.6. The summed E-state index contributed by atoms with van der Waals surface area (Å²) < 4.78 is 0. The third-order valence-electron chi connectivity index (χ3n) is 5.39. The van der Waals surface area contributed by atoms with E-state index in [0.717, 1.165) is 44.5 Å². The number of piperidine rings is 1. The van der Waals surface area contributed by atoms with Crippen molar-refractivity contribution in [1.29, 1.82) is 0 Å². The maximum atomic E-state index is 12.0. The molecule has 0 aliphatic carbocycles. The Hall–Kier alpha value is -2.37. The molecule has 0 unspecified atom stereocenters. The molecular weight excluding hydrogens is 386 g/mol. The minimum absolute atomic E-state index is 0.309. The van der Waals surface area contributed by atoms with E-state index in [1.165, 1.54) is 5.56 Å². The fourth-order valence-corrected chi connectivity index (χ4v) is 3.65. The lowest BCUT2D eigenvalue weighted by Crippen LogP contribution is -2.43. The smallest absolute Gasteiger partial charge is 0.309 e. The standard InChI is InChI=1S/C23H28ClN3O2/c24-21-8-6-19(7-9-21)16-25-22(28)23(29)26-17-20-11-14-27(15-12-20)13-10-18-4-2-1-3-5-18/h1-9,20H,10-17H2,(H,25,28)(H,26,29). The van der Waals surface area contributed by atoms with Gasteiger partial charge in [-0.1, -0.05) is 54.1 Å². The lowest BCUT2D eigenvalue weighted by Gasteiger charge is -2.32. The summed E-state index contributed by atoms with van der Waals surface area (Å²) in [6.07, 6.45) is 3.15. The first-order chi connectivity index (χ1) is 14.1. The summed E-state index contributed by atoms with van der Waals surface area (Å²) in [4.78, 5) is 26.5. The summed E-state index contributed by atoms with van der Waals surface area (Å²) in [5.41, 5.74) is 2.27. The van der Waals surface area contributed by atoms with Crippen molar-refractivity contribution in [2.45, 2.75) is 25.8 Å². The van der Waals surface area contributed by atoms with Crippen LogP contribution < -0.4 is 10.6 Å². The zero-order valence-corrected chi connectivity index (χ0v) is 17.3. The maximum absolute atomic E-state index is 12.0. The summed E-state index contributed by atoms with van der Waals surface area (Å²) in [6.45, 7) is 4.01. The average molecular weight is 414 g/mol. The van der Waals surface area contributed by atoms with Gasteiger partial charge < -0.3 is 15.5 Å². The van der Waals surface area contributed by atoms with Crippen LogP contribution in [0.5, 0.6) is 0 Å². The highest BCUT2D eigenvalue weighted by molar-refractivity contribution is 6.35. The lowest BCUT2D eigenvalue weighted by atomic mass is 9.96. The number of carbonyl (C=O) groups excluding carboxylic acids is 2. The van der Waals surface area contributed by atoms with Gasteiger partial charge in [-0.15, -0.1) is 0 Å². The highest BCUT2D eigenvalue weighted by Gasteiger charge is 2.21. The van der Waals surface area contributed by atoms with E-state index in [1.54, 1.807) is 12.1 Å². The van der Waals surface area contributed by atoms with Gasteiger partial charge in [-0.05, 0) is 61.5 Å². The molecule has 29 heavy (non-hydrogen) atoms. The Bertz CT molecular complexity index is 788. The van der Waals surface area contributed by atoms with Gasteiger partial charge >= 0.3 is 11.8 Å². The number of benzene rings is 2. The molecule has 3 rings (SSSR count). The van der Waals surface area contributed by atoms with E-state index < -0.39 is 11.8 Å². The van der Waals surface area contributed by atoms with Crippen molar-refractivity contribution in [3.8, 4) is 0 Å². The Morgan fingerprint density at radius 2 is 1.55 bits per heavy atom. The summed E-state index contributed by atoms with van der Waals surface area (Å²) in [5, 5.41) is 6.07. The van der Waals surface area contributed by atoms with Gasteiger partial charge in [-0.3, -0.25) is 9.59 Å². The van der Waals surface area contributed by atoms with Gasteiger partial charge in [0.25, 0.3) is 0 Å². The predicted molar refractivity (Wildman–Crippen MR) is 116 cm³/mol. The van der Waals surface area contributed by atoms with Crippen LogP contribution in [0, 0.1) is 5.92 Å². The topological polar surface area (TPSA) is 61.4 Å². The van der Waals surface area contributed by atoms with E-state index in [-0.39, 0.29) is 0 Å². The molecule has 2 N–H and O–H groups in total. The van der Waals surface area contributed by atoms with Crippen LogP contribution >= 0.6 is 11.6 Å². The van der Waals surface area contributed by atoms with Crippen molar-refractivity contribution in [1.82, 2.24) is 15.5 Å². The Morgan fingerprint density at radius 3 is 2.24 bits per heavy atom. The first-order valence-electron chi connectivity index (χ1n) is 10.2. The Labute approximate surface area is 177 Å². The molecule has 1 aliphatic heterocycles. The van der Waals surface area contributed by atoms with Gasteiger partial charge in [0.05, 0.1) is 0 Å². The predicted octanol–water partition coefficient (Wildman–Crippen LogP) is 3.03. The molecule has 2 aromatic rings. The van der Waals surface area contributed by atoms with Crippen LogP contribution in [0.3, 0.4) is 0 Å². The number of amides is 2. The summed E-state index contributed by atoms with van der Waals surface area (Å²) in [5.74, 6) is -0.735. The molecule has 1 saturated heterocycles. The van der Waals surface area contributed by atoms with Crippen LogP contribution in [0.4, 0.5) is 0 Å². The summed E-state index contributed by atoms with van der Waals surface area (Å²) in [7, 11) is 0. The molecule has 5 nitrogen and oxygen atoms in total. The van der Waals surface area contributed by atoms with Crippen molar-refractivity contribution in [3.05, 3.63) is 70.7 Å². The van der Waals surface area contributed by atoms with Gasteiger partial charge in [0.2, 0.25) is 0 Å². The second-order valence-corrected chi connectivity index (χ2v) is 7.98. The number of halogens is 1. The molecule has 0 atom stereocenters. The molecule has 2 aromatic carbocycles. The van der Waals surface area contributed by atoms with Gasteiger partial charge in [-0.25, -0.2) is 0 Å². The molecule has 154 valence electrons. The van der Waals surface area contributed by atoms with Gasteiger partial charge in [0.1, 0.15) is 0 Å². The van der Waals surface area contributed by atoms with Crippen molar-refractivity contribution in [3.63, 3.8) is 0 Å². The molecule has 6 heteroatoms. The van der Waals surface area contributed by atoms with Gasteiger partial charge in [-0.2, -0.15) is 0 Å². The first kappa shape index (κ1) is 21.3. The Balaban J connectivity index is 1.30. The van der Waals surface area contributed by atoms with Crippen LogP contribution in [0.1, 0.15) is 24.0 Å². The third kappa shape index (κ3) is 7.18. The Kier molecular flexibility index (Phi) is 8.08. The van der Waals surface area contributed by atoms with E-state index in [2.05, 4.69) is 39.8 Å². The van der Waals surface area contributed by atoms with E-state index in [4.69, 9.17) is 11.6 Å². The number of likely N-dealkylation sites (tertiary alicyclic amines) is 1. The van der Waals surface area contributed by atoms with E-state index in [9.17, 15) is 9.59 Å². The molecule has 0 saturated carbocycles. The van der Waals surface area contributed by atoms with Crippen LogP contribution in [0.25, 0.3) is 0 Å². The number of nitrogens with zero attached hydrogens (tertiary/aromatic N) is 1. The second kappa shape index (κ2) is 11.0. The number of rotatable bonds is 7. The van der Waals surface area contributed by atoms with Crippen LogP contribution in [0.15, 0.2) is 54.6 Å². The molecule has 0 aromatic heterocycles. The lowest BCUT2D eigenvalue weighted by molar-refractivity contribution is -0.139. The van der Waals surface area contributed by atoms with Crippen molar-refractivity contribution >= 4 is 23.4 Å². The zero-order chi connectivity index (χ0) is 20.5. The van der Waals surface area contributed by atoms with Crippen molar-refractivity contribution in [2.75, 3.05) is 26.2 Å².